The molecule has 4 nitrogen and oxygen atoms in total. The molecule has 1 rings (SSSR count). The average Bonchev–Trinajstić information content (AvgIpc) is 2.39. The molecule has 1 heterocycles. The summed E-state index contributed by atoms with van der Waals surface area (Å²) in [5, 5.41) is 11.2. The minimum Gasteiger partial charge on any atom is -0.460 e. The number of carbonyl (C=O) groups is 1. The molecule has 0 spiro atoms. The van der Waals surface area contributed by atoms with E-state index in [1.165, 1.54) is 5.06 Å². The Labute approximate surface area is 134 Å². The van der Waals surface area contributed by atoms with Crippen LogP contribution in [0.4, 0.5) is 0 Å². The molecule has 0 saturated carbocycles. The fraction of sp³-hybridized carbons (Fsp3) is 0.722. The van der Waals surface area contributed by atoms with Gasteiger partial charge in [-0.3, -0.25) is 15.1 Å². The first-order chi connectivity index (χ1) is 10.2. The molecule has 0 aromatic heterocycles. The van der Waals surface area contributed by atoms with Gasteiger partial charge in [0.05, 0.1) is 5.54 Å². The van der Waals surface area contributed by atoms with Gasteiger partial charge >= 0.3 is 5.97 Å². The maximum Gasteiger partial charge on any atom is 0.306 e. The molecule has 22 heavy (non-hydrogen) atoms. The fourth-order valence-corrected chi connectivity index (χ4v) is 2.51. The van der Waals surface area contributed by atoms with Gasteiger partial charge in [-0.2, -0.15) is 0 Å². The molecule has 1 aliphatic rings. The number of unbranched alkanes of at least 4 members (excludes halogenated alkanes) is 4. The largest absolute Gasteiger partial charge is 0.460 e. The van der Waals surface area contributed by atoms with Crippen molar-refractivity contribution in [2.75, 3.05) is 0 Å². The molecule has 0 saturated heterocycles. The summed E-state index contributed by atoms with van der Waals surface area (Å²) in [6.45, 7) is 7.72. The Balaban J connectivity index is 2.06. The Morgan fingerprint density at radius 3 is 2.41 bits per heavy atom. The standard InChI is InChI=1S/C18H31NO3/c1-17(2,3)22-16(20)12-8-6-5-7-9-13-18(4)14-10-11-15-19(18)21/h10-11,14-15,21H,5-9,12-13H2,1-4H3. The van der Waals surface area contributed by atoms with Crippen LogP contribution < -0.4 is 0 Å². The monoisotopic (exact) mass is 309 g/mol. The third kappa shape index (κ3) is 7.12. The van der Waals surface area contributed by atoms with E-state index in [0.717, 1.165) is 38.5 Å². The van der Waals surface area contributed by atoms with Gasteiger partial charge in [0, 0.05) is 12.6 Å². The molecule has 126 valence electrons. The Morgan fingerprint density at radius 1 is 1.14 bits per heavy atom. The van der Waals surface area contributed by atoms with Gasteiger partial charge in [0.1, 0.15) is 5.60 Å². The number of esters is 1. The summed E-state index contributed by atoms with van der Waals surface area (Å²) >= 11 is 0. The predicted octanol–water partition coefficient (Wildman–Crippen LogP) is 4.59. The van der Waals surface area contributed by atoms with Crippen molar-refractivity contribution in [2.24, 2.45) is 0 Å². The molecule has 0 fully saturated rings. The number of allylic oxidation sites excluding steroid dienone is 2. The molecular formula is C18H31NO3. The highest BCUT2D eigenvalue weighted by Crippen LogP contribution is 2.26. The second-order valence-corrected chi connectivity index (χ2v) is 7.26. The highest BCUT2D eigenvalue weighted by atomic mass is 16.6. The second kappa shape index (κ2) is 8.37. The first-order valence-electron chi connectivity index (χ1n) is 8.29. The summed E-state index contributed by atoms with van der Waals surface area (Å²) in [5.74, 6) is -0.102. The van der Waals surface area contributed by atoms with Crippen LogP contribution in [0.15, 0.2) is 24.4 Å². The summed E-state index contributed by atoms with van der Waals surface area (Å²) in [7, 11) is 0. The van der Waals surface area contributed by atoms with E-state index in [1.54, 1.807) is 6.20 Å². The van der Waals surface area contributed by atoms with Gasteiger partial charge in [-0.1, -0.05) is 37.8 Å². The van der Waals surface area contributed by atoms with Crippen LogP contribution in [0.1, 0.15) is 72.6 Å². The Kier molecular flexibility index (Phi) is 7.14. The number of ether oxygens (including phenoxy) is 1. The number of hydrogen-bond acceptors (Lipinski definition) is 4. The molecule has 1 aliphatic heterocycles. The third-order valence-electron chi connectivity index (χ3n) is 3.80. The van der Waals surface area contributed by atoms with Crippen LogP contribution >= 0.6 is 0 Å². The molecule has 0 aromatic carbocycles. The van der Waals surface area contributed by atoms with E-state index in [1.807, 2.05) is 45.9 Å². The van der Waals surface area contributed by atoms with E-state index >= 15 is 0 Å². The third-order valence-corrected chi connectivity index (χ3v) is 3.80. The van der Waals surface area contributed by atoms with E-state index in [9.17, 15) is 10.0 Å². The van der Waals surface area contributed by atoms with Gasteiger partial charge in [0.2, 0.25) is 0 Å². The van der Waals surface area contributed by atoms with Crippen molar-refractivity contribution < 1.29 is 14.7 Å². The SMILES string of the molecule is CC(C)(C)OC(=O)CCCCCCCC1(C)C=CC=CN1O. The zero-order valence-electron chi connectivity index (χ0n) is 14.5. The average molecular weight is 309 g/mol. The molecular weight excluding hydrogens is 278 g/mol. The maximum absolute atomic E-state index is 11.6. The summed E-state index contributed by atoms with van der Waals surface area (Å²) in [6.07, 6.45) is 14.2. The van der Waals surface area contributed by atoms with Crippen LogP contribution in [0.3, 0.4) is 0 Å². The van der Waals surface area contributed by atoms with Crippen molar-refractivity contribution in [1.29, 1.82) is 0 Å². The van der Waals surface area contributed by atoms with Crippen molar-refractivity contribution in [2.45, 2.75) is 83.8 Å². The fourth-order valence-electron chi connectivity index (χ4n) is 2.51. The number of carbonyl (C=O) groups excluding carboxylic acids is 1. The summed E-state index contributed by atoms with van der Waals surface area (Å²) < 4.78 is 5.28. The van der Waals surface area contributed by atoms with E-state index in [-0.39, 0.29) is 17.1 Å². The molecule has 0 radical (unpaired) electrons. The molecule has 1 N–H and O–H groups in total. The quantitative estimate of drug-likeness (QED) is 0.526. The van der Waals surface area contributed by atoms with Crippen LogP contribution in [-0.2, 0) is 9.53 Å². The van der Waals surface area contributed by atoms with Gasteiger partial charge < -0.3 is 4.74 Å². The van der Waals surface area contributed by atoms with Gasteiger partial charge in [0.25, 0.3) is 0 Å². The molecule has 0 aromatic rings. The van der Waals surface area contributed by atoms with Crippen molar-refractivity contribution in [3.8, 4) is 0 Å². The topological polar surface area (TPSA) is 49.8 Å². The molecule has 4 heteroatoms. The van der Waals surface area contributed by atoms with Crippen LogP contribution in [0.5, 0.6) is 0 Å². The molecule has 0 aliphatic carbocycles. The number of hydrogen-bond donors (Lipinski definition) is 1. The minimum absolute atomic E-state index is 0.102. The minimum atomic E-state index is -0.384. The number of hydroxylamine groups is 2. The maximum atomic E-state index is 11.6. The summed E-state index contributed by atoms with van der Waals surface area (Å²) in [4.78, 5) is 11.6. The molecule has 0 bridgehead atoms. The van der Waals surface area contributed by atoms with Crippen molar-refractivity contribution in [1.82, 2.24) is 5.06 Å². The number of rotatable bonds is 8. The molecule has 0 amide bonds. The highest BCUT2D eigenvalue weighted by Gasteiger charge is 2.26. The van der Waals surface area contributed by atoms with E-state index in [0.29, 0.717) is 6.42 Å². The Bertz CT molecular complexity index is 409. The molecule has 1 unspecified atom stereocenters. The summed E-state index contributed by atoms with van der Waals surface area (Å²) in [5.41, 5.74) is -0.671. The van der Waals surface area contributed by atoms with E-state index < -0.39 is 0 Å². The van der Waals surface area contributed by atoms with Crippen LogP contribution in [0.2, 0.25) is 0 Å². The normalized spacial score (nSPS) is 21.2. The van der Waals surface area contributed by atoms with Gasteiger partial charge in [-0.05, 0) is 46.6 Å². The zero-order chi connectivity index (χ0) is 16.6. The lowest BCUT2D eigenvalue weighted by Gasteiger charge is -2.35. The van der Waals surface area contributed by atoms with Crippen LogP contribution in [0.25, 0.3) is 0 Å². The van der Waals surface area contributed by atoms with E-state index in [4.69, 9.17) is 4.74 Å². The zero-order valence-corrected chi connectivity index (χ0v) is 14.5. The van der Waals surface area contributed by atoms with Gasteiger partial charge in [0.15, 0.2) is 0 Å². The van der Waals surface area contributed by atoms with Crippen LogP contribution in [-0.4, -0.2) is 27.4 Å². The van der Waals surface area contributed by atoms with E-state index in [2.05, 4.69) is 0 Å². The van der Waals surface area contributed by atoms with Crippen LogP contribution in [0, 0.1) is 0 Å². The Morgan fingerprint density at radius 2 is 1.77 bits per heavy atom. The Hall–Kier alpha value is -1.29. The van der Waals surface area contributed by atoms with Crippen molar-refractivity contribution in [3.05, 3.63) is 24.4 Å². The van der Waals surface area contributed by atoms with Crippen molar-refractivity contribution in [3.63, 3.8) is 0 Å². The predicted molar refractivity (Wildman–Crippen MR) is 88.5 cm³/mol. The highest BCUT2D eigenvalue weighted by molar-refractivity contribution is 5.69. The lowest BCUT2D eigenvalue weighted by atomic mass is 9.92. The lowest BCUT2D eigenvalue weighted by molar-refractivity contribution is -0.154. The second-order valence-electron chi connectivity index (χ2n) is 7.26. The first kappa shape index (κ1) is 18.8. The van der Waals surface area contributed by atoms with Gasteiger partial charge in [-0.15, -0.1) is 0 Å². The van der Waals surface area contributed by atoms with Crippen molar-refractivity contribution >= 4 is 5.97 Å². The first-order valence-corrected chi connectivity index (χ1v) is 8.29. The van der Waals surface area contributed by atoms with Gasteiger partial charge in [-0.25, -0.2) is 0 Å². The number of nitrogens with zero attached hydrogens (tertiary/aromatic N) is 1. The smallest absolute Gasteiger partial charge is 0.306 e. The summed E-state index contributed by atoms with van der Waals surface area (Å²) in [6, 6.07) is 0. The lowest BCUT2D eigenvalue weighted by Crippen LogP contribution is -2.40. The molecule has 1 atom stereocenters.